The maximum Gasteiger partial charge on any atom is 0.354 e. The van der Waals surface area contributed by atoms with Crippen molar-refractivity contribution in [2.45, 2.75) is 40.3 Å². The van der Waals surface area contributed by atoms with Gasteiger partial charge in [-0.05, 0) is 27.7 Å². The predicted octanol–water partition coefficient (Wildman–Crippen LogP) is 1.43. The van der Waals surface area contributed by atoms with Gasteiger partial charge in [0.15, 0.2) is 11.4 Å². The molecule has 0 spiro atoms. The zero-order valence-electron chi connectivity index (χ0n) is 13.0. The Bertz CT molecular complexity index is 716. The normalized spacial score (nSPS) is 12.2. The summed E-state index contributed by atoms with van der Waals surface area (Å²) in [5.74, 6) is -1.75. The van der Waals surface area contributed by atoms with Crippen LogP contribution in [0.1, 0.15) is 57.8 Å². The number of hydrogen-bond donors (Lipinski definition) is 3. The molecule has 1 atom stereocenters. The minimum atomic E-state index is -1.22. The third-order valence-electron chi connectivity index (χ3n) is 3.59. The monoisotopic (exact) mass is 305 g/mol. The number of amides is 1. The second kappa shape index (κ2) is 6.00. The molecule has 0 unspecified atom stereocenters. The molecule has 2 heterocycles. The second-order valence-corrected chi connectivity index (χ2v) is 5.03. The van der Waals surface area contributed by atoms with Crippen LogP contribution in [0.15, 0.2) is 6.33 Å². The maximum absolute atomic E-state index is 12.2. The lowest BCUT2D eigenvalue weighted by Gasteiger charge is -2.14. The van der Waals surface area contributed by atoms with Crippen LogP contribution >= 0.6 is 0 Å². The number of nitrogens with zero attached hydrogens (tertiary/aromatic N) is 3. The van der Waals surface area contributed by atoms with E-state index in [1.165, 1.54) is 6.33 Å². The van der Waals surface area contributed by atoms with Crippen LogP contribution in [0.25, 0.3) is 0 Å². The molecule has 0 aliphatic heterocycles. The van der Waals surface area contributed by atoms with Gasteiger partial charge in [0.25, 0.3) is 5.91 Å². The number of nitrogens with one attached hydrogen (secondary N) is 2. The van der Waals surface area contributed by atoms with E-state index < -0.39 is 11.9 Å². The minimum Gasteiger partial charge on any atom is -0.477 e. The summed E-state index contributed by atoms with van der Waals surface area (Å²) in [7, 11) is 0. The molecule has 2 aromatic heterocycles. The fourth-order valence-electron chi connectivity index (χ4n) is 2.61. The summed E-state index contributed by atoms with van der Waals surface area (Å²) in [4.78, 5) is 29.5. The summed E-state index contributed by atoms with van der Waals surface area (Å²) in [6.45, 7) is 8.40. The highest BCUT2D eigenvalue weighted by molar-refractivity contribution is 6.02. The van der Waals surface area contributed by atoms with Crippen LogP contribution in [-0.2, 0) is 6.54 Å². The Labute approximate surface area is 127 Å². The van der Waals surface area contributed by atoms with Crippen LogP contribution in [0.2, 0.25) is 0 Å². The average molecular weight is 305 g/mol. The molecule has 0 aliphatic carbocycles. The van der Waals surface area contributed by atoms with E-state index in [-0.39, 0.29) is 17.4 Å². The fourth-order valence-corrected chi connectivity index (χ4v) is 2.61. The number of hydrogen-bond acceptors (Lipinski definition) is 4. The van der Waals surface area contributed by atoms with Crippen LogP contribution in [0, 0.1) is 13.8 Å². The van der Waals surface area contributed by atoms with Crippen molar-refractivity contribution in [3.05, 3.63) is 34.7 Å². The molecule has 1 amide bonds. The van der Waals surface area contributed by atoms with Crippen molar-refractivity contribution >= 4 is 11.9 Å². The van der Waals surface area contributed by atoms with Crippen LogP contribution in [-0.4, -0.2) is 36.7 Å². The van der Waals surface area contributed by atoms with Crippen molar-refractivity contribution in [2.24, 2.45) is 0 Å². The number of carbonyl (C=O) groups is 2. The topological polar surface area (TPSA) is 113 Å². The van der Waals surface area contributed by atoms with Crippen molar-refractivity contribution in [2.75, 3.05) is 0 Å². The number of carbonyl (C=O) groups excluding carboxylic acids is 1. The molecule has 0 fully saturated rings. The largest absolute Gasteiger partial charge is 0.477 e. The predicted molar refractivity (Wildman–Crippen MR) is 78.8 cm³/mol. The number of carboxylic acid groups (broad SMARTS) is 1. The second-order valence-electron chi connectivity index (χ2n) is 5.03. The van der Waals surface area contributed by atoms with Gasteiger partial charge in [0.2, 0.25) is 0 Å². The van der Waals surface area contributed by atoms with Crippen molar-refractivity contribution in [3.8, 4) is 0 Å². The highest BCUT2D eigenvalue weighted by atomic mass is 16.4. The third-order valence-corrected chi connectivity index (χ3v) is 3.59. The zero-order valence-corrected chi connectivity index (χ0v) is 13.0. The number of imidazole rings is 1. The van der Waals surface area contributed by atoms with Crippen LogP contribution in [0.4, 0.5) is 0 Å². The van der Waals surface area contributed by atoms with E-state index in [2.05, 4.69) is 20.4 Å². The zero-order chi connectivity index (χ0) is 16.4. The van der Waals surface area contributed by atoms with Gasteiger partial charge in [-0.3, -0.25) is 9.48 Å². The SMILES string of the molecule is CCn1nc(C)c([C@@H](C)NC(=O)c2nc[nH]c2C(=O)O)c1C. The number of carboxylic acids is 1. The van der Waals surface area contributed by atoms with E-state index in [4.69, 9.17) is 5.11 Å². The van der Waals surface area contributed by atoms with E-state index in [0.717, 1.165) is 23.5 Å². The Morgan fingerprint density at radius 1 is 1.45 bits per heavy atom. The smallest absolute Gasteiger partial charge is 0.354 e. The molecule has 3 N–H and O–H groups in total. The lowest BCUT2D eigenvalue weighted by atomic mass is 10.1. The van der Waals surface area contributed by atoms with Gasteiger partial charge in [-0.15, -0.1) is 0 Å². The molecule has 0 saturated carbocycles. The molecule has 8 nitrogen and oxygen atoms in total. The fraction of sp³-hybridized carbons (Fsp3) is 0.429. The van der Waals surface area contributed by atoms with Gasteiger partial charge in [0.05, 0.1) is 18.1 Å². The first-order chi connectivity index (χ1) is 10.4. The Hall–Kier alpha value is -2.64. The number of aromatic carboxylic acids is 1. The molecule has 0 radical (unpaired) electrons. The lowest BCUT2D eigenvalue weighted by Crippen LogP contribution is -2.29. The van der Waals surface area contributed by atoms with Gasteiger partial charge in [0.1, 0.15) is 0 Å². The first-order valence-corrected chi connectivity index (χ1v) is 6.98. The van der Waals surface area contributed by atoms with Gasteiger partial charge < -0.3 is 15.4 Å². The van der Waals surface area contributed by atoms with E-state index in [9.17, 15) is 9.59 Å². The number of rotatable bonds is 5. The number of aromatic nitrogens is 4. The lowest BCUT2D eigenvalue weighted by molar-refractivity contribution is 0.0684. The van der Waals surface area contributed by atoms with Crippen molar-refractivity contribution in [3.63, 3.8) is 0 Å². The molecule has 118 valence electrons. The Morgan fingerprint density at radius 2 is 2.14 bits per heavy atom. The summed E-state index contributed by atoms with van der Waals surface area (Å²) in [5, 5.41) is 16.2. The quantitative estimate of drug-likeness (QED) is 0.773. The minimum absolute atomic E-state index is 0.127. The van der Waals surface area contributed by atoms with Crippen LogP contribution in [0.3, 0.4) is 0 Å². The summed E-state index contributed by atoms with van der Waals surface area (Å²) in [6, 6.07) is -0.300. The summed E-state index contributed by atoms with van der Waals surface area (Å²) < 4.78 is 1.87. The van der Waals surface area contributed by atoms with Crippen molar-refractivity contribution < 1.29 is 14.7 Å². The molecule has 2 rings (SSSR count). The average Bonchev–Trinajstić information content (AvgIpc) is 3.03. The molecule has 0 saturated heterocycles. The van der Waals surface area contributed by atoms with Crippen molar-refractivity contribution in [1.82, 2.24) is 25.1 Å². The number of aromatic amines is 1. The molecular formula is C14H19N5O3. The highest BCUT2D eigenvalue weighted by Gasteiger charge is 2.23. The third kappa shape index (κ3) is 2.72. The van der Waals surface area contributed by atoms with Gasteiger partial charge in [-0.2, -0.15) is 5.10 Å². The summed E-state index contributed by atoms with van der Waals surface area (Å²) >= 11 is 0. The molecule has 0 aliphatic rings. The van der Waals surface area contributed by atoms with Crippen LogP contribution < -0.4 is 5.32 Å². The summed E-state index contributed by atoms with van der Waals surface area (Å²) in [5.41, 5.74) is 2.41. The Balaban J connectivity index is 2.23. The van der Waals surface area contributed by atoms with Gasteiger partial charge in [-0.1, -0.05) is 0 Å². The maximum atomic E-state index is 12.2. The van der Waals surface area contributed by atoms with E-state index in [0.29, 0.717) is 0 Å². The number of H-pyrrole nitrogens is 1. The van der Waals surface area contributed by atoms with Gasteiger partial charge in [0, 0.05) is 17.8 Å². The number of aryl methyl sites for hydroxylation is 2. The first-order valence-electron chi connectivity index (χ1n) is 6.98. The molecule has 22 heavy (non-hydrogen) atoms. The summed E-state index contributed by atoms with van der Waals surface area (Å²) in [6.07, 6.45) is 1.19. The van der Waals surface area contributed by atoms with Gasteiger partial charge >= 0.3 is 5.97 Å². The Morgan fingerprint density at radius 3 is 2.68 bits per heavy atom. The van der Waals surface area contributed by atoms with E-state index in [1.54, 1.807) is 0 Å². The molecule has 0 bridgehead atoms. The Kier molecular flexibility index (Phi) is 4.30. The molecule has 8 heteroatoms. The highest BCUT2D eigenvalue weighted by Crippen LogP contribution is 2.21. The first kappa shape index (κ1) is 15.7. The molecule has 2 aromatic rings. The molecule has 0 aromatic carbocycles. The standard InChI is InChI=1S/C14H19N5O3/c1-5-19-9(4)10(8(3)18-19)7(2)17-13(20)11-12(14(21)22)16-6-15-11/h6-7H,5H2,1-4H3,(H,15,16)(H,17,20)(H,21,22)/t7-/m1/s1. The molecular weight excluding hydrogens is 286 g/mol. The van der Waals surface area contributed by atoms with Gasteiger partial charge in [-0.25, -0.2) is 9.78 Å². The van der Waals surface area contributed by atoms with Crippen LogP contribution in [0.5, 0.6) is 0 Å². The van der Waals surface area contributed by atoms with E-state index >= 15 is 0 Å². The van der Waals surface area contributed by atoms with Crippen molar-refractivity contribution in [1.29, 1.82) is 0 Å². The van der Waals surface area contributed by atoms with E-state index in [1.807, 2.05) is 32.4 Å².